The number of carboxylic acid groups (broad SMARTS) is 1. The van der Waals surface area contributed by atoms with Crippen LogP contribution in [0.4, 0.5) is 0 Å². The number of nitrogens with one attached hydrogen (secondary N) is 1. The molecular weight excluding hydrogens is 380 g/mol. The predicted molar refractivity (Wildman–Crippen MR) is 116 cm³/mol. The number of aromatic nitrogens is 1. The molecule has 4 nitrogen and oxygen atoms in total. The summed E-state index contributed by atoms with van der Waals surface area (Å²) in [5.74, 6) is -1.14. The van der Waals surface area contributed by atoms with Gasteiger partial charge in [-0.1, -0.05) is 48.0 Å². The van der Waals surface area contributed by atoms with E-state index < -0.39 is 5.97 Å². The second-order valence-corrected chi connectivity index (χ2v) is 8.42. The Kier molecular flexibility index (Phi) is 5.51. The maximum absolute atomic E-state index is 12.2. The molecule has 4 rings (SSSR count). The van der Waals surface area contributed by atoms with Crippen molar-refractivity contribution in [1.82, 2.24) is 9.88 Å². The van der Waals surface area contributed by atoms with E-state index in [-0.39, 0.29) is 5.69 Å². The number of carbonyl (C=O) groups excluding carboxylic acids is 1. The quantitative estimate of drug-likeness (QED) is 0.507. The number of fused-ring (bicyclic) bond motifs is 1. The van der Waals surface area contributed by atoms with Gasteiger partial charge in [0, 0.05) is 41.0 Å². The molecule has 2 aromatic carbocycles. The van der Waals surface area contributed by atoms with E-state index in [1.807, 2.05) is 54.1 Å². The van der Waals surface area contributed by atoms with Crippen molar-refractivity contribution in [1.29, 1.82) is 0 Å². The number of aryl methyl sites for hydroxylation is 2. The molecule has 0 radical (unpaired) electrons. The van der Waals surface area contributed by atoms with Crippen LogP contribution in [-0.2, 0) is 19.6 Å². The average Bonchev–Trinajstić information content (AvgIpc) is 3.30. The van der Waals surface area contributed by atoms with Crippen molar-refractivity contribution in [2.45, 2.75) is 33.5 Å². The highest BCUT2D eigenvalue weighted by Gasteiger charge is 2.18. The molecule has 2 aromatic heterocycles. The van der Waals surface area contributed by atoms with Gasteiger partial charge in [-0.2, -0.15) is 0 Å². The molecule has 4 aromatic rings. The van der Waals surface area contributed by atoms with Gasteiger partial charge < -0.3 is 19.8 Å². The summed E-state index contributed by atoms with van der Waals surface area (Å²) in [5.41, 5.74) is 5.31. The fourth-order valence-electron chi connectivity index (χ4n) is 3.71. The van der Waals surface area contributed by atoms with Gasteiger partial charge in [0.25, 0.3) is 0 Å². The van der Waals surface area contributed by atoms with E-state index in [1.165, 1.54) is 10.4 Å². The lowest BCUT2D eigenvalue weighted by molar-refractivity contribution is -0.255. The van der Waals surface area contributed by atoms with Gasteiger partial charge in [0.15, 0.2) is 0 Å². The number of thiophene rings is 1. The minimum atomic E-state index is -1.14. The molecule has 0 atom stereocenters. The van der Waals surface area contributed by atoms with Crippen LogP contribution in [0.1, 0.15) is 37.6 Å². The number of carbonyl (C=O) groups is 1. The normalized spacial score (nSPS) is 11.2. The molecular formula is C24H23N2O2S-. The molecule has 0 aliphatic rings. The van der Waals surface area contributed by atoms with Crippen LogP contribution in [0.15, 0.2) is 60.0 Å². The van der Waals surface area contributed by atoms with E-state index in [1.54, 1.807) is 11.3 Å². The van der Waals surface area contributed by atoms with Crippen molar-refractivity contribution < 1.29 is 9.90 Å². The third-order valence-corrected chi connectivity index (χ3v) is 6.04. The zero-order valence-corrected chi connectivity index (χ0v) is 17.4. The molecule has 2 heterocycles. The number of carboxylic acids is 1. The first-order valence-corrected chi connectivity index (χ1v) is 10.5. The second kappa shape index (κ2) is 8.23. The fraction of sp³-hybridized carbons (Fsp3) is 0.208. The Bertz CT molecular complexity index is 1140. The van der Waals surface area contributed by atoms with Gasteiger partial charge >= 0.3 is 0 Å². The van der Waals surface area contributed by atoms with Gasteiger partial charge in [-0.3, -0.25) is 0 Å². The summed E-state index contributed by atoms with van der Waals surface area (Å²) in [7, 11) is 0. The maximum atomic E-state index is 12.2. The molecule has 0 saturated heterocycles. The molecule has 0 bridgehead atoms. The molecule has 0 fully saturated rings. The predicted octanol–water partition coefficient (Wildman–Crippen LogP) is 4.02. The van der Waals surface area contributed by atoms with Crippen molar-refractivity contribution in [3.63, 3.8) is 0 Å². The summed E-state index contributed by atoms with van der Waals surface area (Å²) < 4.78 is 1.88. The van der Waals surface area contributed by atoms with Crippen molar-refractivity contribution in [2.75, 3.05) is 0 Å². The Hall–Kier alpha value is -2.89. The van der Waals surface area contributed by atoms with Crippen LogP contribution in [-0.4, -0.2) is 10.5 Å². The maximum Gasteiger partial charge on any atom is 0.0884 e. The molecule has 0 spiro atoms. The van der Waals surface area contributed by atoms with E-state index in [0.717, 1.165) is 27.6 Å². The van der Waals surface area contributed by atoms with Crippen molar-refractivity contribution >= 4 is 28.2 Å². The van der Waals surface area contributed by atoms with E-state index in [4.69, 9.17) is 0 Å². The standard InChI is InChI=1S/C24H24N2O2S/c1-16-5-8-18(9-6-16)15-26-22-12-17(2)7-10-20(22)21(23(26)24(27)28)14-25-13-19-4-3-11-29-19/h3-12,25H,13-15H2,1-2H3,(H,27,28)/p-1. The number of benzene rings is 2. The number of hydrogen-bond donors (Lipinski definition) is 1. The lowest BCUT2D eigenvalue weighted by Crippen LogP contribution is -2.28. The zero-order valence-electron chi connectivity index (χ0n) is 16.6. The molecule has 1 N–H and O–H groups in total. The number of hydrogen-bond acceptors (Lipinski definition) is 4. The minimum Gasteiger partial charge on any atom is -0.543 e. The number of rotatable bonds is 7. The summed E-state index contributed by atoms with van der Waals surface area (Å²) >= 11 is 1.69. The first-order valence-electron chi connectivity index (χ1n) is 9.64. The Morgan fingerprint density at radius 3 is 2.48 bits per heavy atom. The van der Waals surface area contributed by atoms with Crippen LogP contribution < -0.4 is 10.4 Å². The first-order chi connectivity index (χ1) is 14.0. The minimum absolute atomic E-state index is 0.254. The highest BCUT2D eigenvalue weighted by atomic mass is 32.1. The van der Waals surface area contributed by atoms with E-state index in [0.29, 0.717) is 19.6 Å². The SMILES string of the molecule is Cc1ccc(Cn2c(C(=O)[O-])c(CNCc3cccs3)c3ccc(C)cc32)cc1. The van der Waals surface area contributed by atoms with Crippen LogP contribution in [0.3, 0.4) is 0 Å². The molecule has 0 saturated carbocycles. The Balaban J connectivity index is 1.76. The van der Waals surface area contributed by atoms with Crippen molar-refractivity contribution in [3.05, 3.63) is 92.8 Å². The summed E-state index contributed by atoms with van der Waals surface area (Å²) in [6.45, 7) is 5.75. The smallest absolute Gasteiger partial charge is 0.0884 e. The van der Waals surface area contributed by atoms with Gasteiger partial charge in [0.2, 0.25) is 0 Å². The largest absolute Gasteiger partial charge is 0.543 e. The monoisotopic (exact) mass is 403 g/mol. The summed E-state index contributed by atoms with van der Waals surface area (Å²) in [6, 6.07) is 18.4. The summed E-state index contributed by atoms with van der Waals surface area (Å²) in [5, 5.41) is 18.6. The van der Waals surface area contributed by atoms with E-state index in [2.05, 4.69) is 29.6 Å². The third kappa shape index (κ3) is 4.11. The third-order valence-electron chi connectivity index (χ3n) is 5.16. The Morgan fingerprint density at radius 1 is 1.03 bits per heavy atom. The van der Waals surface area contributed by atoms with Crippen LogP contribution in [0.2, 0.25) is 0 Å². The second-order valence-electron chi connectivity index (χ2n) is 7.39. The first kappa shape index (κ1) is 19.4. The fourth-order valence-corrected chi connectivity index (χ4v) is 4.38. The molecule has 5 heteroatoms. The van der Waals surface area contributed by atoms with Gasteiger partial charge in [-0.05, 0) is 42.5 Å². The van der Waals surface area contributed by atoms with Crippen LogP contribution >= 0.6 is 11.3 Å². The molecule has 0 aliphatic carbocycles. The number of nitrogens with zero attached hydrogens (tertiary/aromatic N) is 1. The molecule has 29 heavy (non-hydrogen) atoms. The lowest BCUT2D eigenvalue weighted by Gasteiger charge is -2.14. The lowest BCUT2D eigenvalue weighted by atomic mass is 10.1. The average molecular weight is 404 g/mol. The zero-order chi connectivity index (χ0) is 20.4. The van der Waals surface area contributed by atoms with Crippen LogP contribution in [0.25, 0.3) is 10.9 Å². The van der Waals surface area contributed by atoms with Crippen molar-refractivity contribution in [2.24, 2.45) is 0 Å². The van der Waals surface area contributed by atoms with Crippen LogP contribution in [0.5, 0.6) is 0 Å². The van der Waals surface area contributed by atoms with Gasteiger partial charge in [-0.15, -0.1) is 11.3 Å². The Labute approximate surface area is 174 Å². The highest BCUT2D eigenvalue weighted by molar-refractivity contribution is 7.09. The van der Waals surface area contributed by atoms with Gasteiger partial charge in [0.1, 0.15) is 0 Å². The van der Waals surface area contributed by atoms with E-state index in [9.17, 15) is 9.90 Å². The molecule has 148 valence electrons. The van der Waals surface area contributed by atoms with E-state index >= 15 is 0 Å². The van der Waals surface area contributed by atoms with Crippen LogP contribution in [0, 0.1) is 13.8 Å². The number of aromatic carboxylic acids is 1. The molecule has 0 amide bonds. The molecule has 0 unspecified atom stereocenters. The summed E-state index contributed by atoms with van der Waals surface area (Å²) in [6.07, 6.45) is 0. The van der Waals surface area contributed by atoms with Gasteiger partial charge in [0.05, 0.1) is 11.7 Å². The summed E-state index contributed by atoms with van der Waals surface area (Å²) in [4.78, 5) is 13.4. The van der Waals surface area contributed by atoms with Gasteiger partial charge in [-0.25, -0.2) is 0 Å². The van der Waals surface area contributed by atoms with Crippen molar-refractivity contribution in [3.8, 4) is 0 Å². The Morgan fingerprint density at radius 2 is 1.79 bits per heavy atom. The highest BCUT2D eigenvalue weighted by Crippen LogP contribution is 2.28. The molecule has 0 aliphatic heterocycles. The topological polar surface area (TPSA) is 57.1 Å².